The zero-order chi connectivity index (χ0) is 19.4. The Bertz CT molecular complexity index is 906. The molecule has 1 aliphatic heterocycles. The van der Waals surface area contributed by atoms with Gasteiger partial charge in [0.2, 0.25) is 10.0 Å². The average molecular weight is 392 g/mol. The molecule has 0 spiro atoms. The molecule has 2 aromatic carbocycles. The lowest BCUT2D eigenvalue weighted by Gasteiger charge is -2.31. The number of aromatic hydroxyl groups is 1. The predicted octanol–water partition coefficient (Wildman–Crippen LogP) is 1.74. The number of sulfonamides is 1. The summed E-state index contributed by atoms with van der Waals surface area (Å²) < 4.78 is 33.0. The van der Waals surface area contributed by atoms with Crippen LogP contribution in [0.2, 0.25) is 0 Å². The van der Waals surface area contributed by atoms with Crippen LogP contribution in [0.4, 0.5) is 0 Å². The van der Waals surface area contributed by atoms with Crippen LogP contribution in [0.3, 0.4) is 0 Å². The van der Waals surface area contributed by atoms with E-state index in [2.05, 4.69) is 0 Å². The Balaban J connectivity index is 1.70. The Morgan fingerprint density at radius 1 is 1.07 bits per heavy atom. The van der Waals surface area contributed by atoms with Crippen molar-refractivity contribution in [3.05, 3.63) is 54.1 Å². The van der Waals surface area contributed by atoms with Crippen molar-refractivity contribution in [1.82, 2.24) is 9.79 Å². The molecule has 1 fully saturated rings. The minimum atomic E-state index is -3.88. The number of rotatable bonds is 5. The molecule has 2 aromatic rings. The van der Waals surface area contributed by atoms with Crippen molar-refractivity contribution in [2.45, 2.75) is 23.8 Å². The van der Waals surface area contributed by atoms with E-state index in [-0.39, 0.29) is 35.4 Å². The van der Waals surface area contributed by atoms with E-state index in [1.54, 1.807) is 12.1 Å². The van der Waals surface area contributed by atoms with Crippen molar-refractivity contribution in [3.63, 3.8) is 0 Å². The maximum Gasteiger partial charge on any atom is 0.276 e. The van der Waals surface area contributed by atoms with Crippen molar-refractivity contribution in [2.24, 2.45) is 0 Å². The third kappa shape index (κ3) is 4.21. The molecule has 0 radical (unpaired) electrons. The Hall–Kier alpha value is -2.62. The smallest absolute Gasteiger partial charge is 0.276 e. The van der Waals surface area contributed by atoms with Crippen LogP contribution in [0.15, 0.2) is 53.4 Å². The molecule has 1 saturated heterocycles. The number of nitrogens with one attached hydrogen (secondary N) is 1. The van der Waals surface area contributed by atoms with Crippen LogP contribution in [-0.4, -0.2) is 48.1 Å². The van der Waals surface area contributed by atoms with Crippen molar-refractivity contribution in [1.29, 1.82) is 0 Å². The average Bonchev–Trinajstić information content (AvgIpc) is 2.69. The summed E-state index contributed by atoms with van der Waals surface area (Å²) >= 11 is 0. The molecule has 1 heterocycles. The predicted molar refractivity (Wildman–Crippen MR) is 96.2 cm³/mol. The molecule has 1 amide bonds. The molecule has 144 valence electrons. The molecule has 0 aromatic heterocycles. The Labute approximate surface area is 157 Å². The van der Waals surface area contributed by atoms with Crippen molar-refractivity contribution in [3.8, 4) is 11.5 Å². The number of hydrogen-bond acceptors (Lipinski definition) is 6. The van der Waals surface area contributed by atoms with Gasteiger partial charge in [0.25, 0.3) is 5.91 Å². The highest BCUT2D eigenvalue weighted by atomic mass is 32.2. The van der Waals surface area contributed by atoms with E-state index < -0.39 is 15.9 Å². The molecule has 8 nitrogen and oxygen atoms in total. The van der Waals surface area contributed by atoms with Gasteiger partial charge in [0.1, 0.15) is 17.6 Å². The lowest BCUT2D eigenvalue weighted by atomic mass is 10.1. The molecule has 27 heavy (non-hydrogen) atoms. The van der Waals surface area contributed by atoms with Crippen LogP contribution in [0.1, 0.15) is 23.2 Å². The monoisotopic (exact) mass is 392 g/mol. The summed E-state index contributed by atoms with van der Waals surface area (Å²) in [7, 11) is -3.88. The van der Waals surface area contributed by atoms with Gasteiger partial charge in [0.15, 0.2) is 0 Å². The van der Waals surface area contributed by atoms with Gasteiger partial charge in [0.05, 0.1) is 10.5 Å². The third-order valence-corrected chi connectivity index (χ3v) is 6.35. The van der Waals surface area contributed by atoms with Gasteiger partial charge < -0.3 is 9.84 Å². The number of carbonyl (C=O) groups is 1. The summed E-state index contributed by atoms with van der Waals surface area (Å²) in [4.78, 5) is 11.6. The summed E-state index contributed by atoms with van der Waals surface area (Å²) in [6.45, 7) is 0.500. The molecular formula is C18H20N2O6S. The van der Waals surface area contributed by atoms with Crippen LogP contribution in [-0.2, 0) is 10.0 Å². The first-order valence-electron chi connectivity index (χ1n) is 8.41. The van der Waals surface area contributed by atoms with Gasteiger partial charge in [-0.1, -0.05) is 12.1 Å². The Morgan fingerprint density at radius 2 is 1.70 bits per heavy atom. The zero-order valence-corrected chi connectivity index (χ0v) is 15.2. The van der Waals surface area contributed by atoms with E-state index in [9.17, 15) is 18.3 Å². The fourth-order valence-corrected chi connectivity index (χ4v) is 4.64. The second-order valence-corrected chi connectivity index (χ2v) is 8.06. The molecular weight excluding hydrogens is 372 g/mol. The summed E-state index contributed by atoms with van der Waals surface area (Å²) in [6.07, 6.45) is 0.847. The summed E-state index contributed by atoms with van der Waals surface area (Å²) in [5.74, 6) is -0.118. The minimum absolute atomic E-state index is 0.109. The number of piperidine rings is 1. The molecule has 1 aliphatic rings. The van der Waals surface area contributed by atoms with Gasteiger partial charge in [-0.15, -0.1) is 0 Å². The van der Waals surface area contributed by atoms with Crippen LogP contribution in [0, 0.1) is 0 Å². The van der Waals surface area contributed by atoms with Crippen molar-refractivity contribution < 1.29 is 28.3 Å². The number of ether oxygens (including phenoxy) is 1. The van der Waals surface area contributed by atoms with Gasteiger partial charge in [-0.25, -0.2) is 13.9 Å². The zero-order valence-electron chi connectivity index (χ0n) is 14.4. The second-order valence-electron chi connectivity index (χ2n) is 6.15. The highest BCUT2D eigenvalue weighted by molar-refractivity contribution is 7.89. The van der Waals surface area contributed by atoms with E-state index >= 15 is 0 Å². The summed E-state index contributed by atoms with van der Waals surface area (Å²) in [5, 5.41) is 18.1. The largest absolute Gasteiger partial charge is 0.508 e. The van der Waals surface area contributed by atoms with E-state index in [4.69, 9.17) is 9.94 Å². The highest BCUT2D eigenvalue weighted by Gasteiger charge is 2.32. The fourth-order valence-electron chi connectivity index (χ4n) is 2.99. The van der Waals surface area contributed by atoms with Crippen LogP contribution in [0.25, 0.3) is 0 Å². The maximum absolute atomic E-state index is 12.9. The third-order valence-electron chi connectivity index (χ3n) is 4.39. The SMILES string of the molecule is O=C(NO)c1ccccc1S(=O)(=O)N1CCC(Oc2ccc(O)cc2)CC1. The Kier molecular flexibility index (Phi) is 5.64. The van der Waals surface area contributed by atoms with Gasteiger partial charge in [-0.05, 0) is 49.2 Å². The summed E-state index contributed by atoms with van der Waals surface area (Å²) in [5.41, 5.74) is 1.37. The molecule has 0 atom stereocenters. The molecule has 3 N–H and O–H groups in total. The van der Waals surface area contributed by atoms with Gasteiger partial charge in [-0.2, -0.15) is 4.31 Å². The number of phenols is 1. The number of phenolic OH excluding ortho intramolecular Hbond substituents is 1. The van der Waals surface area contributed by atoms with Gasteiger partial charge >= 0.3 is 0 Å². The molecule has 0 saturated carbocycles. The van der Waals surface area contributed by atoms with Crippen LogP contribution >= 0.6 is 0 Å². The first kappa shape index (κ1) is 19.2. The van der Waals surface area contributed by atoms with Crippen molar-refractivity contribution >= 4 is 15.9 Å². The number of benzene rings is 2. The number of carbonyl (C=O) groups excluding carboxylic acids is 1. The normalized spacial score (nSPS) is 16.0. The quantitative estimate of drug-likeness (QED) is 0.527. The van der Waals surface area contributed by atoms with Crippen LogP contribution in [0.5, 0.6) is 11.5 Å². The molecule has 0 aliphatic carbocycles. The minimum Gasteiger partial charge on any atom is -0.508 e. The topological polar surface area (TPSA) is 116 Å². The van der Waals surface area contributed by atoms with E-state index in [0.29, 0.717) is 18.6 Å². The summed E-state index contributed by atoms with van der Waals surface area (Å²) in [6, 6.07) is 12.1. The lowest BCUT2D eigenvalue weighted by molar-refractivity contribution is 0.0702. The van der Waals surface area contributed by atoms with E-state index in [1.807, 2.05) is 0 Å². The number of hydroxylamine groups is 1. The van der Waals surface area contributed by atoms with Gasteiger partial charge in [-0.3, -0.25) is 10.0 Å². The molecule has 9 heteroatoms. The first-order chi connectivity index (χ1) is 12.9. The molecule has 0 unspecified atom stereocenters. The standard InChI is InChI=1S/C18H20N2O6S/c21-13-5-7-14(8-6-13)26-15-9-11-20(12-10-15)27(24,25)17-4-2-1-3-16(17)18(22)19-23/h1-8,15,21,23H,9-12H2,(H,19,22). The molecule has 3 rings (SSSR count). The number of amides is 1. The van der Waals surface area contributed by atoms with Gasteiger partial charge in [0, 0.05) is 13.1 Å². The van der Waals surface area contributed by atoms with Crippen molar-refractivity contribution in [2.75, 3.05) is 13.1 Å². The first-order valence-corrected chi connectivity index (χ1v) is 9.85. The number of hydrogen-bond donors (Lipinski definition) is 3. The Morgan fingerprint density at radius 3 is 2.33 bits per heavy atom. The lowest BCUT2D eigenvalue weighted by Crippen LogP contribution is -2.42. The van der Waals surface area contributed by atoms with E-state index in [1.165, 1.54) is 46.2 Å². The molecule has 0 bridgehead atoms. The van der Waals surface area contributed by atoms with E-state index in [0.717, 1.165) is 0 Å². The highest BCUT2D eigenvalue weighted by Crippen LogP contribution is 2.26. The van der Waals surface area contributed by atoms with Crippen LogP contribution < -0.4 is 10.2 Å². The fraction of sp³-hybridized carbons (Fsp3) is 0.278. The second kappa shape index (κ2) is 7.95. The maximum atomic E-state index is 12.9. The number of nitrogens with zero attached hydrogens (tertiary/aromatic N) is 1.